The van der Waals surface area contributed by atoms with Gasteiger partial charge in [-0.05, 0) is 171 Å². The molecule has 0 aliphatic carbocycles. The fraction of sp³-hybridized carbons (Fsp3) is 0.245. The Hall–Kier alpha value is -12.0. The van der Waals surface area contributed by atoms with Crippen LogP contribution < -0.4 is 105 Å². The number of aldehydes is 1. The van der Waals surface area contributed by atoms with E-state index in [9.17, 15) is 48.9 Å². The van der Waals surface area contributed by atoms with E-state index in [-0.39, 0.29) is 104 Å². The predicted molar refractivity (Wildman–Crippen MR) is 536 cm³/mol. The molecule has 0 radical (unpaired) electrons. The summed E-state index contributed by atoms with van der Waals surface area (Å²) in [5.41, 5.74) is 12.4. The molecule has 0 spiro atoms. The first-order chi connectivity index (χ1) is 67.1. The first-order valence-corrected chi connectivity index (χ1v) is 44.7. The van der Waals surface area contributed by atoms with Crippen LogP contribution in [0.5, 0.6) is 0 Å². The SMILES string of the molecule is C=CCBr.C=CCN1CCC(O)(Cc2ccccc2)CC1.Cl.NO.O=COO.O=COO.O=Cc1ccc2[nH]c(=O)oc2c1.O=c1[nH]c2ccc(Br)cc2o1.O=c1[nH]c2ccc(C(Cl)=NO)cc2o1.O=c1[nH]c2ccc(C(Cl)=NO)cc2o1.O=c1[nH]c2ccc(C3=NOC(CN4CCC(O)(Cc5ccccc5)CC4)C3)cc2o1.O=c1[nH]c2ccc(C=NO)cc2o1.OC1(Cc2ccccc2)CCNCC1.[H-].[H-].[Na+].[Na+]. The molecule has 0 amide bonds. The molecule has 4 aliphatic rings. The Labute approximate surface area is 886 Å². The second-order valence-corrected chi connectivity index (χ2v) is 32.9. The van der Waals surface area contributed by atoms with Crippen molar-refractivity contribution in [3.05, 3.63) is 338 Å². The number of fused-ring (bicyclic) bond motifs is 6. The van der Waals surface area contributed by atoms with E-state index in [4.69, 9.17) is 95.5 Å². The van der Waals surface area contributed by atoms with Crippen LogP contribution in [-0.4, -0.2) is 208 Å². The molecule has 0 bridgehead atoms. The number of allylic oxidation sites excluding steroid dienone is 1. The van der Waals surface area contributed by atoms with Crippen LogP contribution in [0.25, 0.3) is 66.6 Å². The molecule has 1 atom stereocenters. The number of aromatic nitrogens is 6. The van der Waals surface area contributed by atoms with E-state index in [1.165, 1.54) is 41.1 Å². The van der Waals surface area contributed by atoms with Crippen LogP contribution in [0.3, 0.4) is 0 Å². The molecule has 1 unspecified atom stereocenters. The molecule has 15 aromatic rings. The Morgan fingerprint density at radius 3 is 1.18 bits per heavy atom. The molecular weight excluding hydrogens is 2070 g/mol. The van der Waals surface area contributed by atoms with Crippen molar-refractivity contribution in [2.45, 2.75) is 87.1 Å². The zero-order valence-electron chi connectivity index (χ0n) is 78.5. The minimum absolute atomic E-state index is 0. The van der Waals surface area contributed by atoms with Gasteiger partial charge in [-0.25, -0.2) is 45.2 Å². The molecule has 748 valence electrons. The summed E-state index contributed by atoms with van der Waals surface area (Å²) in [6.07, 6.45) is 13.6. The first-order valence-electron chi connectivity index (χ1n) is 42.1. The number of carbonyl (C=O) groups excluding carboxylic acids is 3. The van der Waals surface area contributed by atoms with E-state index < -0.39 is 51.3 Å². The monoisotopic (exact) mass is 2170 g/mol. The van der Waals surface area contributed by atoms with Gasteiger partial charge in [0.25, 0.3) is 0 Å². The maximum atomic E-state index is 11.3. The predicted octanol–water partition coefficient (Wildman–Crippen LogP) is 7.83. The number of halogens is 5. The number of hydrogen-bond donors (Lipinski definition) is 17. The number of oxazole rings is 6. The summed E-state index contributed by atoms with van der Waals surface area (Å²) in [6.45, 7) is 14.3. The summed E-state index contributed by atoms with van der Waals surface area (Å²) < 4.78 is 30.0. The summed E-state index contributed by atoms with van der Waals surface area (Å²) in [5, 5.41) is 94.3. The van der Waals surface area contributed by atoms with Gasteiger partial charge in [-0.15, -0.1) is 25.6 Å². The minimum atomic E-state index is -0.633. The van der Waals surface area contributed by atoms with Crippen molar-refractivity contribution in [1.29, 1.82) is 0 Å². The van der Waals surface area contributed by atoms with Crippen LogP contribution in [0.4, 0.5) is 0 Å². The van der Waals surface area contributed by atoms with Gasteiger partial charge in [0.1, 0.15) is 12.4 Å². The van der Waals surface area contributed by atoms with Crippen LogP contribution in [0.15, 0.2) is 306 Å². The molecule has 10 heterocycles. The van der Waals surface area contributed by atoms with E-state index in [0.717, 1.165) is 130 Å². The van der Waals surface area contributed by atoms with Crippen molar-refractivity contribution in [3.63, 3.8) is 0 Å². The van der Waals surface area contributed by atoms with Gasteiger partial charge in [0, 0.05) is 97.0 Å². The number of nitrogens with zero attached hydrogens (tertiary/aromatic N) is 6. The Morgan fingerprint density at radius 2 is 0.817 bits per heavy atom. The summed E-state index contributed by atoms with van der Waals surface area (Å²) in [6, 6.07) is 60.8. The summed E-state index contributed by atoms with van der Waals surface area (Å²) in [7, 11) is 0. The first kappa shape index (κ1) is 120. The number of carbonyl (C=O) groups is 3. The Balaban J connectivity index is 0.000000421. The zero-order chi connectivity index (χ0) is 101. The molecule has 0 saturated carbocycles. The standard InChI is InChI=1S/C23H25N3O4.C15H21NO.C12H17NO.2C8H5ClN2O3.C8H6N2O3.C8H5NO3.C7H4BrNO2.C3H5Br.2CH2O3.ClH.H3NO.2Na.2H/c27-22-24-19-7-6-17(12-21(19)29-22)20-13-18(30-25-20)15-26-10-8-23(28,9-11-26)14-16-4-2-1-3-5-16;1-2-10-16-11-8-15(17,9-12-16)13-14-6-4-3-5-7-14;14-12(6-8-13-9-7-12)10-11-4-2-1-3-5-11;2*9-7(11-13)4-1-2-5-6(3-4)14-8(12)10-5;11-8-10-6-2-1-5(4-9-12)3-7(6)13-8;10-4-5-1-2-6-7(3-5)12-8(11)9-6;8-4-1-2-5-6(3-4)11-7(10)9-5;1-2-3-4;2*2-1-4-3;;1-2;;;;/h1-7,12,18,28H,8-11,13-15H2,(H,24,27);2-7,17H,1,8-13H2;1-5,13-14H,6-10H2;2*1-3,13H,(H,10,12);1-4,12H,(H,10,11);1-4H,(H,9,11);1-3H,(H,9,10);2H,1,3H2;2*1,3H;1H;2H,1H2;;;;/q;;;;;;;;;;;;;2*+1;2*-1. The number of aliphatic hydroxyl groups is 3. The van der Waals surface area contributed by atoms with E-state index in [1.54, 1.807) is 72.8 Å². The quantitative estimate of drug-likeness (QED) is 0.00568. The van der Waals surface area contributed by atoms with Gasteiger partial charge in [-0.2, -0.15) is 0 Å². The molecule has 142 heavy (non-hydrogen) atoms. The van der Waals surface area contributed by atoms with Crippen LogP contribution >= 0.6 is 67.5 Å². The van der Waals surface area contributed by atoms with E-state index in [1.807, 2.05) is 84.9 Å². The molecule has 41 nitrogen and oxygen atoms in total. The summed E-state index contributed by atoms with van der Waals surface area (Å²) in [4.78, 5) is 124. The minimum Gasteiger partial charge on any atom is -1.00 e. The van der Waals surface area contributed by atoms with Crippen LogP contribution in [0, 0.1) is 0 Å². The normalized spacial score (nSPS) is 14.6. The van der Waals surface area contributed by atoms with Crippen molar-refractivity contribution in [2.75, 3.05) is 57.7 Å². The maximum absolute atomic E-state index is 11.3. The van der Waals surface area contributed by atoms with Gasteiger partial charge in [0.15, 0.2) is 43.8 Å². The smallest absolute Gasteiger partial charge is 1.00 e. The second-order valence-electron chi connectivity index (χ2n) is 30.6. The fourth-order valence-corrected chi connectivity index (χ4v) is 14.8. The number of rotatable bonds is 18. The van der Waals surface area contributed by atoms with E-state index >= 15 is 0 Å². The van der Waals surface area contributed by atoms with Crippen LogP contribution in [0.2, 0.25) is 0 Å². The van der Waals surface area contributed by atoms with Crippen molar-refractivity contribution < 1.29 is 164 Å². The van der Waals surface area contributed by atoms with Crippen LogP contribution in [0.1, 0.15) is 97.1 Å². The molecule has 48 heteroatoms. The van der Waals surface area contributed by atoms with Crippen molar-refractivity contribution >= 4 is 176 Å². The van der Waals surface area contributed by atoms with Crippen molar-refractivity contribution in [1.82, 2.24) is 45.0 Å². The van der Waals surface area contributed by atoms with Crippen LogP contribution in [-0.2, 0) is 43.5 Å². The molecule has 4 aliphatic heterocycles. The summed E-state index contributed by atoms with van der Waals surface area (Å²) >= 11 is 17.5. The molecular formula is C94H103Br2Cl3N14Na2O27. The largest absolute Gasteiger partial charge is 1.00 e. The van der Waals surface area contributed by atoms with Gasteiger partial charge in [-0.1, -0.05) is 191 Å². The second kappa shape index (κ2) is 63.1. The van der Waals surface area contributed by atoms with Gasteiger partial charge < -0.3 is 85.4 Å². The molecule has 3 fully saturated rings. The number of H-pyrrole nitrogens is 6. The molecule has 3 saturated heterocycles. The van der Waals surface area contributed by atoms with Gasteiger partial charge in [0.05, 0.1) is 61.8 Å². The van der Waals surface area contributed by atoms with E-state index in [0.29, 0.717) is 102 Å². The third kappa shape index (κ3) is 40.1. The average Bonchev–Trinajstić information content (AvgIpc) is 1.65. The number of nitrogens with two attached hydrogens (primary N) is 1. The average molecular weight is 2170 g/mol. The van der Waals surface area contributed by atoms with Crippen molar-refractivity contribution in [3.8, 4) is 0 Å². The molecule has 9 aromatic carbocycles. The maximum Gasteiger partial charge on any atom is 1.00 e. The number of alkyl halides is 1. The van der Waals surface area contributed by atoms with Gasteiger partial charge in [-0.3, -0.25) is 54.1 Å². The molecule has 19 rings (SSSR count). The number of piperidine rings is 3. The van der Waals surface area contributed by atoms with Crippen molar-refractivity contribution in [2.24, 2.45) is 26.5 Å². The number of nitrogens with one attached hydrogen (secondary N) is 7. The molecule has 18 N–H and O–H groups in total. The Kier molecular flexibility index (Phi) is 53.5. The van der Waals surface area contributed by atoms with Gasteiger partial charge in [0.2, 0.25) is 0 Å². The van der Waals surface area contributed by atoms with E-state index in [2.05, 4.69) is 163 Å². The number of benzene rings is 9. The number of likely N-dealkylation sites (tertiary alicyclic amines) is 2. The number of oxime groups is 4. The Morgan fingerprint density at radius 1 is 0.486 bits per heavy atom. The topological polar surface area (TPSA) is 631 Å². The zero-order valence-corrected chi connectivity index (χ0v) is 86.0. The Bertz CT molecular complexity index is 6800. The number of aromatic amines is 6. The third-order valence-electron chi connectivity index (χ3n) is 20.9. The number of hydrogen-bond acceptors (Lipinski definition) is 35. The summed E-state index contributed by atoms with van der Waals surface area (Å²) in [5.74, 6) is 0.560. The fourth-order valence-electron chi connectivity index (χ4n) is 14.3. The third-order valence-corrected chi connectivity index (χ3v) is 22.4. The molecule has 6 aromatic heterocycles. The van der Waals surface area contributed by atoms with Gasteiger partial charge >= 0.3 is 107 Å².